The van der Waals surface area contributed by atoms with Gasteiger partial charge in [0.25, 0.3) is 10.1 Å². The molecular weight excluding hydrogens is 593 g/mol. The van der Waals surface area contributed by atoms with Crippen LogP contribution in [0, 0.1) is 0 Å². The van der Waals surface area contributed by atoms with Crippen molar-refractivity contribution in [3.63, 3.8) is 0 Å². The maximum atomic E-state index is 12.6. The van der Waals surface area contributed by atoms with Gasteiger partial charge in [0.1, 0.15) is 16.2 Å². The third-order valence-electron chi connectivity index (χ3n) is 8.61. The van der Waals surface area contributed by atoms with Crippen LogP contribution in [-0.4, -0.2) is 13.0 Å². The minimum absolute atomic E-state index is 0.159. The molecule has 0 saturated heterocycles. The van der Waals surface area contributed by atoms with Crippen LogP contribution >= 0.6 is 0 Å². The SMILES string of the molecule is CCc1cccc(CC)c1/N=c1/ccc2c(-c3ccccc3S(=O)(=O)O)c3ccc(Nc4c(CC)cccc4CC)cc3oc-2c1. The standard InChI is InChI=1S/C39H38N2O4S/c1-5-25-13-11-14-26(6-2)38(25)40-29-19-21-31-34(23-29)45-35-24-30(41-39-27(7-3)15-12-16-28(39)8-4)20-22-32(35)37(31)33-17-9-10-18-36(33)46(42,43)44/h9-24,40H,5-8H2,1-4H3,(H,42,43,44)/b41-30-. The largest absolute Gasteiger partial charge is 0.456 e. The molecule has 2 aliphatic rings. The monoisotopic (exact) mass is 630 g/mol. The van der Waals surface area contributed by atoms with Crippen LogP contribution in [-0.2, 0) is 35.8 Å². The van der Waals surface area contributed by atoms with Crippen LogP contribution in [0.3, 0.4) is 0 Å². The summed E-state index contributed by atoms with van der Waals surface area (Å²) in [7, 11) is -4.51. The molecule has 0 bridgehead atoms. The number of nitrogens with zero attached hydrogens (tertiary/aromatic N) is 1. The lowest BCUT2D eigenvalue weighted by atomic mass is 9.93. The summed E-state index contributed by atoms with van der Waals surface area (Å²) in [6.45, 7) is 8.54. The Morgan fingerprint density at radius 1 is 0.696 bits per heavy atom. The van der Waals surface area contributed by atoms with Crippen LogP contribution in [0.5, 0.6) is 0 Å². The summed E-state index contributed by atoms with van der Waals surface area (Å²) in [6, 6.07) is 30.8. The lowest BCUT2D eigenvalue weighted by Crippen LogP contribution is -2.05. The molecule has 1 heterocycles. The second-order valence-electron chi connectivity index (χ2n) is 11.4. The lowest BCUT2D eigenvalue weighted by molar-refractivity contribution is 0.483. The van der Waals surface area contributed by atoms with E-state index in [1.807, 2.05) is 36.4 Å². The molecule has 0 spiro atoms. The highest BCUT2D eigenvalue weighted by molar-refractivity contribution is 7.86. The Bertz CT molecular complexity index is 2170. The third-order valence-corrected chi connectivity index (χ3v) is 9.53. The molecule has 234 valence electrons. The van der Waals surface area contributed by atoms with Crippen molar-refractivity contribution < 1.29 is 17.4 Å². The summed E-state index contributed by atoms with van der Waals surface area (Å²) < 4.78 is 41.9. The second kappa shape index (κ2) is 12.9. The molecule has 4 aromatic carbocycles. The Hall–Kier alpha value is -4.72. The summed E-state index contributed by atoms with van der Waals surface area (Å²) in [5.74, 6) is 0.557. The number of aryl methyl sites for hydroxylation is 4. The van der Waals surface area contributed by atoms with Crippen molar-refractivity contribution in [2.75, 3.05) is 5.32 Å². The summed E-state index contributed by atoms with van der Waals surface area (Å²) in [5, 5.41) is 5.09. The first-order valence-electron chi connectivity index (χ1n) is 15.9. The Kier molecular flexibility index (Phi) is 8.80. The molecule has 2 N–H and O–H groups in total. The quantitative estimate of drug-likeness (QED) is 0.123. The van der Waals surface area contributed by atoms with E-state index in [9.17, 15) is 13.0 Å². The molecule has 6 nitrogen and oxygen atoms in total. The van der Waals surface area contributed by atoms with E-state index in [0.717, 1.165) is 53.5 Å². The van der Waals surface area contributed by atoms with E-state index in [-0.39, 0.29) is 4.90 Å². The molecule has 0 radical (unpaired) electrons. The molecule has 1 aliphatic heterocycles. The number of hydrogen-bond acceptors (Lipinski definition) is 5. The van der Waals surface area contributed by atoms with Gasteiger partial charge in [-0.3, -0.25) is 4.55 Å². The topological polar surface area (TPSA) is 91.9 Å². The molecule has 0 atom stereocenters. The molecule has 0 unspecified atom stereocenters. The molecule has 7 heteroatoms. The molecule has 4 aromatic rings. The van der Waals surface area contributed by atoms with Crippen molar-refractivity contribution in [2.24, 2.45) is 4.99 Å². The number of anilines is 2. The molecular formula is C39H38N2O4S. The highest BCUT2D eigenvalue weighted by Gasteiger charge is 2.23. The van der Waals surface area contributed by atoms with Crippen LogP contribution in [0.4, 0.5) is 17.1 Å². The van der Waals surface area contributed by atoms with Crippen LogP contribution < -0.4 is 10.7 Å². The van der Waals surface area contributed by atoms with Crippen molar-refractivity contribution in [1.29, 1.82) is 0 Å². The number of rotatable bonds is 9. The summed E-state index contributed by atoms with van der Waals surface area (Å²) in [6.07, 6.45) is 3.51. The molecule has 6 rings (SSSR count). The maximum Gasteiger partial charge on any atom is 0.295 e. The van der Waals surface area contributed by atoms with Gasteiger partial charge in [-0.05, 0) is 78.3 Å². The number of nitrogens with one attached hydrogen (secondary N) is 1. The van der Waals surface area contributed by atoms with Crippen LogP contribution in [0.2, 0.25) is 0 Å². The minimum Gasteiger partial charge on any atom is -0.456 e. The zero-order valence-corrected chi connectivity index (χ0v) is 27.4. The van der Waals surface area contributed by atoms with Gasteiger partial charge in [-0.1, -0.05) is 82.3 Å². The van der Waals surface area contributed by atoms with Crippen molar-refractivity contribution in [3.8, 4) is 22.5 Å². The fourth-order valence-electron chi connectivity index (χ4n) is 6.25. The average Bonchev–Trinajstić information content (AvgIpc) is 3.06. The van der Waals surface area contributed by atoms with Crippen molar-refractivity contribution >= 4 is 38.1 Å². The predicted octanol–water partition coefficient (Wildman–Crippen LogP) is 9.68. The van der Waals surface area contributed by atoms with Gasteiger partial charge in [-0.25, -0.2) is 4.99 Å². The minimum atomic E-state index is -4.51. The Balaban J connectivity index is 1.62. The van der Waals surface area contributed by atoms with Gasteiger partial charge in [0, 0.05) is 45.6 Å². The number of para-hydroxylation sites is 2. The van der Waals surface area contributed by atoms with E-state index in [2.05, 4.69) is 69.4 Å². The third kappa shape index (κ3) is 5.96. The summed E-state index contributed by atoms with van der Waals surface area (Å²) in [5.41, 5.74) is 10.1. The number of benzene rings is 5. The van der Waals surface area contributed by atoms with Crippen LogP contribution in [0.15, 0.2) is 111 Å². The van der Waals surface area contributed by atoms with Gasteiger partial charge in [-0.15, -0.1) is 0 Å². The fraction of sp³-hybridized carbons (Fsp3) is 0.205. The zero-order valence-electron chi connectivity index (χ0n) is 26.6. The van der Waals surface area contributed by atoms with E-state index in [0.29, 0.717) is 28.0 Å². The Morgan fingerprint density at radius 2 is 1.33 bits per heavy atom. The molecule has 1 aliphatic carbocycles. The molecule has 46 heavy (non-hydrogen) atoms. The van der Waals surface area contributed by atoms with E-state index < -0.39 is 10.1 Å². The van der Waals surface area contributed by atoms with Gasteiger partial charge in [0.05, 0.1) is 11.0 Å². The summed E-state index contributed by atoms with van der Waals surface area (Å²) in [4.78, 5) is 4.92. The normalized spacial score (nSPS) is 12.2. The highest BCUT2D eigenvalue weighted by Crippen LogP contribution is 2.43. The highest BCUT2D eigenvalue weighted by atomic mass is 32.2. The van der Waals surface area contributed by atoms with Gasteiger partial charge in [-0.2, -0.15) is 8.42 Å². The smallest absolute Gasteiger partial charge is 0.295 e. The second-order valence-corrected chi connectivity index (χ2v) is 12.8. The fourth-order valence-corrected chi connectivity index (χ4v) is 6.95. The van der Waals surface area contributed by atoms with Crippen molar-refractivity contribution in [3.05, 3.63) is 125 Å². The Morgan fingerprint density at radius 3 is 1.96 bits per heavy atom. The molecule has 0 amide bonds. The maximum absolute atomic E-state index is 12.6. The van der Waals surface area contributed by atoms with Gasteiger partial charge in [0.15, 0.2) is 0 Å². The van der Waals surface area contributed by atoms with E-state index in [1.54, 1.807) is 18.2 Å². The zero-order chi connectivity index (χ0) is 32.4. The van der Waals surface area contributed by atoms with Gasteiger partial charge in [0.2, 0.25) is 0 Å². The van der Waals surface area contributed by atoms with Gasteiger partial charge < -0.3 is 9.73 Å². The van der Waals surface area contributed by atoms with E-state index in [4.69, 9.17) is 9.41 Å². The first-order valence-corrected chi connectivity index (χ1v) is 17.3. The first kappa shape index (κ1) is 31.3. The number of hydrogen-bond donors (Lipinski definition) is 2. The van der Waals surface area contributed by atoms with E-state index >= 15 is 0 Å². The first-order chi connectivity index (χ1) is 22.2. The van der Waals surface area contributed by atoms with Crippen molar-refractivity contribution in [1.82, 2.24) is 0 Å². The Labute approximate surface area is 270 Å². The number of fused-ring (bicyclic) bond motifs is 2. The molecule has 0 saturated carbocycles. The van der Waals surface area contributed by atoms with Crippen LogP contribution in [0.1, 0.15) is 49.9 Å². The average molecular weight is 631 g/mol. The predicted molar refractivity (Wildman–Crippen MR) is 187 cm³/mol. The van der Waals surface area contributed by atoms with Crippen molar-refractivity contribution in [2.45, 2.75) is 58.3 Å². The van der Waals surface area contributed by atoms with E-state index in [1.165, 1.54) is 28.3 Å². The van der Waals surface area contributed by atoms with Gasteiger partial charge >= 0.3 is 0 Å². The molecule has 0 aromatic heterocycles. The lowest BCUT2D eigenvalue weighted by Gasteiger charge is -2.19. The molecule has 0 fully saturated rings. The summed E-state index contributed by atoms with van der Waals surface area (Å²) >= 11 is 0. The van der Waals surface area contributed by atoms with Crippen LogP contribution in [0.25, 0.3) is 33.4 Å².